The van der Waals surface area contributed by atoms with Gasteiger partial charge in [0.15, 0.2) is 11.9 Å². The summed E-state index contributed by atoms with van der Waals surface area (Å²) in [6, 6.07) is -2.21. The highest BCUT2D eigenvalue weighted by molar-refractivity contribution is 6.05. The van der Waals surface area contributed by atoms with Crippen LogP contribution in [0.1, 0.15) is 127 Å². The highest BCUT2D eigenvalue weighted by atomic mass is 16.6. The molecule has 3 saturated heterocycles. The highest BCUT2D eigenvalue weighted by Crippen LogP contribution is 2.27. The van der Waals surface area contributed by atoms with Gasteiger partial charge in [0.1, 0.15) is 54.2 Å². The number of ether oxygens (including phenoxy) is 3. The third kappa shape index (κ3) is 16.5. The van der Waals surface area contributed by atoms with Gasteiger partial charge in [-0.05, 0) is 101 Å². The summed E-state index contributed by atoms with van der Waals surface area (Å²) >= 11 is 0. The molecule has 0 aliphatic carbocycles. The van der Waals surface area contributed by atoms with Crippen LogP contribution >= 0.6 is 0 Å². The second kappa shape index (κ2) is 28.6. The third-order valence-corrected chi connectivity index (χ3v) is 14.9. The number of nitrogens with zero attached hydrogens (tertiary/aromatic N) is 4. The number of carbonyl (C=O) groups is 10. The molecule has 2 unspecified atom stereocenters. The maximum absolute atomic E-state index is 14.9. The SMILES string of the molecule is COc1ccc(C[C@H]2C(=O)O[C@H](C)[C@H](NC(=O)[C@@H](CC(C)C)N(C)C(=O)C3CCCN3C(=O)[C@@H](C)O)C(=O)NC(C(C)C)[C@H](O)CC(=O)O[C@@H](C(C)C)C(=O)[C@H](C)C(=O)N[C@@H](CC(C)C)C(=O)N3CCC[C@H]3C(=O)N2C)cc1. The number of cyclic esters (lactones) is 2. The van der Waals surface area contributed by atoms with Gasteiger partial charge in [0.05, 0.1) is 31.6 Å². The fraction of sp³-hybridized carbons (Fsp3) is 0.714. The molecule has 3 fully saturated rings. The van der Waals surface area contributed by atoms with Gasteiger partial charge in [0.2, 0.25) is 35.4 Å². The van der Waals surface area contributed by atoms with Crippen LogP contribution in [-0.4, -0.2) is 190 Å². The number of benzene rings is 1. The van der Waals surface area contributed by atoms with Gasteiger partial charge < -0.3 is 60.0 Å². The van der Waals surface area contributed by atoms with Crippen molar-refractivity contribution in [3.63, 3.8) is 0 Å². The second-order valence-corrected chi connectivity index (χ2v) is 22.8. The molecule has 0 aromatic heterocycles. The summed E-state index contributed by atoms with van der Waals surface area (Å²) in [5, 5.41) is 30.0. The van der Waals surface area contributed by atoms with Crippen molar-refractivity contribution in [3.05, 3.63) is 29.8 Å². The lowest BCUT2D eigenvalue weighted by Gasteiger charge is -2.36. The maximum Gasteiger partial charge on any atom is 0.329 e. The van der Waals surface area contributed by atoms with E-state index in [4.69, 9.17) is 14.2 Å². The zero-order valence-electron chi connectivity index (χ0n) is 48.1. The predicted molar refractivity (Wildman–Crippen MR) is 286 cm³/mol. The Hall–Kier alpha value is -6.16. The molecule has 4 rings (SSSR count). The minimum absolute atomic E-state index is 0.0711. The molecule has 3 heterocycles. The molecule has 78 heavy (non-hydrogen) atoms. The van der Waals surface area contributed by atoms with E-state index in [1.54, 1.807) is 52.0 Å². The largest absolute Gasteiger partial charge is 0.497 e. The van der Waals surface area contributed by atoms with Crippen molar-refractivity contribution in [2.24, 2.45) is 29.6 Å². The molecular formula is C56H87N7O15. The molecule has 7 amide bonds. The van der Waals surface area contributed by atoms with Crippen LogP contribution in [0.15, 0.2) is 24.3 Å². The van der Waals surface area contributed by atoms with Crippen LogP contribution in [0.3, 0.4) is 0 Å². The maximum atomic E-state index is 14.9. The van der Waals surface area contributed by atoms with Gasteiger partial charge in [-0.25, -0.2) is 4.79 Å². The van der Waals surface area contributed by atoms with Gasteiger partial charge in [0.25, 0.3) is 5.91 Å². The van der Waals surface area contributed by atoms with E-state index in [2.05, 4.69) is 16.0 Å². The zero-order chi connectivity index (χ0) is 58.6. The average molecular weight is 1100 g/mol. The number of ketones is 1. The fourth-order valence-corrected chi connectivity index (χ4v) is 10.4. The Morgan fingerprint density at radius 2 is 1.46 bits per heavy atom. The second-order valence-electron chi connectivity index (χ2n) is 22.8. The van der Waals surface area contributed by atoms with E-state index in [0.717, 1.165) is 0 Å². The minimum atomic E-state index is -1.76. The molecule has 0 bridgehead atoms. The van der Waals surface area contributed by atoms with E-state index in [1.165, 1.54) is 61.6 Å². The molecule has 3 aliphatic rings. The van der Waals surface area contributed by atoms with Crippen LogP contribution in [-0.2, 0) is 63.8 Å². The zero-order valence-corrected chi connectivity index (χ0v) is 48.1. The molecule has 0 spiro atoms. The first-order valence-electron chi connectivity index (χ1n) is 27.5. The number of hydrogen-bond donors (Lipinski definition) is 5. The smallest absolute Gasteiger partial charge is 0.329 e. The Balaban J connectivity index is 1.87. The molecule has 5 N–H and O–H groups in total. The number of hydrogen-bond acceptors (Lipinski definition) is 15. The molecule has 1 aromatic carbocycles. The third-order valence-electron chi connectivity index (χ3n) is 14.9. The van der Waals surface area contributed by atoms with E-state index in [9.17, 15) is 58.2 Å². The predicted octanol–water partition coefficient (Wildman–Crippen LogP) is 1.93. The molecule has 3 aliphatic heterocycles. The number of likely N-dealkylation sites (N-methyl/N-ethyl adjacent to an activating group) is 2. The summed E-state index contributed by atoms with van der Waals surface area (Å²) in [7, 11) is 4.28. The van der Waals surface area contributed by atoms with Crippen LogP contribution in [0.2, 0.25) is 0 Å². The number of fused-ring (bicyclic) bond motifs is 1. The molecule has 22 heteroatoms. The highest BCUT2D eigenvalue weighted by Gasteiger charge is 2.46. The Morgan fingerprint density at radius 1 is 0.833 bits per heavy atom. The summed E-state index contributed by atoms with van der Waals surface area (Å²) in [5.41, 5.74) is 0.569. The van der Waals surface area contributed by atoms with Gasteiger partial charge >= 0.3 is 11.9 Å². The first kappa shape index (κ1) is 64.4. The molecule has 12 atom stereocenters. The lowest BCUT2D eigenvalue weighted by atomic mass is 9.92. The van der Waals surface area contributed by atoms with Gasteiger partial charge in [-0.1, -0.05) is 67.5 Å². The number of likely N-dealkylation sites (tertiary alicyclic amines) is 1. The van der Waals surface area contributed by atoms with E-state index in [0.29, 0.717) is 24.2 Å². The van der Waals surface area contributed by atoms with Crippen molar-refractivity contribution in [1.29, 1.82) is 0 Å². The van der Waals surface area contributed by atoms with Crippen molar-refractivity contribution in [1.82, 2.24) is 35.6 Å². The normalized spacial score (nSPS) is 27.5. The quantitative estimate of drug-likeness (QED) is 0.131. The summed E-state index contributed by atoms with van der Waals surface area (Å²) < 4.78 is 17.2. The van der Waals surface area contributed by atoms with Gasteiger partial charge in [-0.2, -0.15) is 0 Å². The number of aliphatic hydroxyl groups excluding tert-OH is 2. The molecule has 0 saturated carbocycles. The Morgan fingerprint density at radius 3 is 2.03 bits per heavy atom. The molecule has 1 aromatic rings. The summed E-state index contributed by atoms with van der Waals surface area (Å²) in [6.45, 7) is 18.2. The number of carbonyl (C=O) groups excluding carboxylic acids is 10. The summed E-state index contributed by atoms with van der Waals surface area (Å²) in [6.07, 6.45) is -5.36. The Bertz CT molecular complexity index is 2310. The number of rotatable bonds is 14. The average Bonchev–Trinajstić information content (AvgIpc) is 4.08. The van der Waals surface area contributed by atoms with Crippen molar-refractivity contribution < 1.29 is 72.4 Å². The lowest BCUT2D eigenvalue weighted by molar-refractivity contribution is -0.163. The van der Waals surface area contributed by atoms with E-state index < -0.39 is 150 Å². The van der Waals surface area contributed by atoms with Crippen molar-refractivity contribution in [3.8, 4) is 5.75 Å². The molecule has 436 valence electrons. The monoisotopic (exact) mass is 1100 g/mol. The summed E-state index contributed by atoms with van der Waals surface area (Å²) in [4.78, 5) is 148. The first-order chi connectivity index (χ1) is 36.5. The van der Waals surface area contributed by atoms with Crippen LogP contribution < -0.4 is 20.7 Å². The first-order valence-corrected chi connectivity index (χ1v) is 27.5. The Labute approximate surface area is 459 Å². The number of Topliss-reactive ketones (excluding diaryl/α,β-unsaturated/α-hetero) is 1. The Kier molecular flexibility index (Phi) is 23.6. The number of amides is 7. The minimum Gasteiger partial charge on any atom is -0.497 e. The molecule has 0 radical (unpaired) electrons. The number of methoxy groups -OCH3 is 1. The van der Waals surface area contributed by atoms with E-state index in [1.807, 2.05) is 27.7 Å². The number of aliphatic hydroxyl groups is 2. The number of esters is 2. The van der Waals surface area contributed by atoms with Crippen molar-refractivity contribution in [2.45, 2.75) is 194 Å². The van der Waals surface area contributed by atoms with Crippen molar-refractivity contribution in [2.75, 3.05) is 34.3 Å². The summed E-state index contributed by atoms with van der Waals surface area (Å²) in [5.74, 6) is -10.3. The van der Waals surface area contributed by atoms with Crippen LogP contribution in [0.5, 0.6) is 5.75 Å². The van der Waals surface area contributed by atoms with Crippen LogP contribution in [0, 0.1) is 29.6 Å². The van der Waals surface area contributed by atoms with Gasteiger partial charge in [0, 0.05) is 33.6 Å². The van der Waals surface area contributed by atoms with Crippen LogP contribution in [0.25, 0.3) is 0 Å². The standard InChI is InChI=1S/C56H87N7O15/c1-29(2)25-38-53(72)63-24-16-18-40(63)55(74)61(13)42(27-36-19-21-37(76-14)22-20-36)56(75)77-35(11)46(59-50(69)41(26-30(3)4)60(12)54(73)39-17-15-23-62(39)52(71)34(10)64)51(70)58-45(31(5)6)43(65)28-44(66)78-48(32(7)8)47(67)33(9)49(68)57-38/h19-22,29-35,38-43,45-46,48,64-65H,15-18,23-28H2,1-14H3,(H,57,68)(H,58,70)(H,59,69)/t33-,34+,35+,38-,39?,40-,41+,42-,43+,45?,46-,48-/m0/s1. The van der Waals surface area contributed by atoms with Crippen molar-refractivity contribution >= 4 is 59.1 Å². The fourth-order valence-electron chi connectivity index (χ4n) is 10.4. The molecule has 22 nitrogen and oxygen atoms in total. The van der Waals surface area contributed by atoms with Crippen LogP contribution in [0.4, 0.5) is 0 Å². The van der Waals surface area contributed by atoms with E-state index in [-0.39, 0.29) is 57.0 Å². The lowest BCUT2D eigenvalue weighted by Crippen LogP contribution is -2.62. The van der Waals surface area contributed by atoms with Gasteiger partial charge in [-0.15, -0.1) is 0 Å². The molecular weight excluding hydrogens is 1010 g/mol. The topological polar surface area (TPSA) is 288 Å². The van der Waals surface area contributed by atoms with Gasteiger partial charge in [-0.3, -0.25) is 43.2 Å². The number of nitrogens with one attached hydrogen (secondary N) is 3. The van der Waals surface area contributed by atoms with E-state index >= 15 is 0 Å².